The Balaban J connectivity index is 1.72. The van der Waals surface area contributed by atoms with Crippen molar-refractivity contribution in [1.29, 1.82) is 0 Å². The van der Waals surface area contributed by atoms with Crippen LogP contribution >= 0.6 is 11.3 Å². The molecular formula is C16H15N5OS. The highest BCUT2D eigenvalue weighted by atomic mass is 32.1. The van der Waals surface area contributed by atoms with Crippen LogP contribution in [-0.4, -0.2) is 33.8 Å². The molecule has 0 saturated heterocycles. The average Bonchev–Trinajstić information content (AvgIpc) is 3.16. The third-order valence-electron chi connectivity index (χ3n) is 3.14. The smallest absolute Gasteiger partial charge is 0.343 e. The molecule has 3 aromatic heterocycles. The fourth-order valence-electron chi connectivity index (χ4n) is 1.94. The van der Waals surface area contributed by atoms with Gasteiger partial charge in [-0.15, -0.1) is 11.3 Å². The Hall–Kier alpha value is -2.85. The summed E-state index contributed by atoms with van der Waals surface area (Å²) in [5.74, 6) is 7.13. The fourth-order valence-corrected chi connectivity index (χ4v) is 2.80. The SMILES string of the molecule is CN(C)c1ccc(C#Cc2ccc(Cn3cn[nH]c3=O)s2)cn1. The molecule has 6 nitrogen and oxygen atoms in total. The van der Waals surface area contributed by atoms with Crippen molar-refractivity contribution in [3.63, 3.8) is 0 Å². The van der Waals surface area contributed by atoms with Gasteiger partial charge >= 0.3 is 5.69 Å². The summed E-state index contributed by atoms with van der Waals surface area (Å²) in [6.45, 7) is 0.501. The van der Waals surface area contributed by atoms with Gasteiger partial charge in [0.05, 0.1) is 11.4 Å². The van der Waals surface area contributed by atoms with Crippen LogP contribution in [0.2, 0.25) is 0 Å². The topological polar surface area (TPSA) is 66.8 Å². The van der Waals surface area contributed by atoms with Crippen molar-refractivity contribution in [1.82, 2.24) is 19.7 Å². The summed E-state index contributed by atoms with van der Waals surface area (Å²) >= 11 is 1.56. The Morgan fingerprint density at radius 2 is 2.13 bits per heavy atom. The molecule has 0 spiro atoms. The summed E-state index contributed by atoms with van der Waals surface area (Å²) in [6.07, 6.45) is 3.26. The van der Waals surface area contributed by atoms with E-state index in [9.17, 15) is 4.79 Å². The number of pyridine rings is 1. The van der Waals surface area contributed by atoms with Gasteiger partial charge in [0.1, 0.15) is 12.1 Å². The van der Waals surface area contributed by atoms with E-state index in [1.807, 2.05) is 43.3 Å². The standard InChI is InChI=1S/C16H15N5OS/c1-20(2)15-8-4-12(9-17-15)3-5-13-6-7-14(23-13)10-21-11-18-19-16(21)22/h4,6-9,11H,10H2,1-2H3,(H,19,22). The van der Waals surface area contributed by atoms with Gasteiger partial charge in [-0.3, -0.25) is 4.57 Å². The summed E-state index contributed by atoms with van der Waals surface area (Å²) in [4.78, 5) is 19.7. The molecule has 3 aromatic rings. The van der Waals surface area contributed by atoms with E-state index in [1.165, 1.54) is 10.9 Å². The van der Waals surface area contributed by atoms with Crippen molar-refractivity contribution in [2.45, 2.75) is 6.54 Å². The number of nitrogens with zero attached hydrogens (tertiary/aromatic N) is 4. The lowest BCUT2D eigenvalue weighted by atomic mass is 10.3. The number of anilines is 1. The maximum atomic E-state index is 11.4. The molecule has 0 aliphatic rings. The Bertz CT molecular complexity index is 908. The summed E-state index contributed by atoms with van der Waals surface area (Å²) in [5, 5.41) is 6.09. The second-order valence-corrected chi connectivity index (χ2v) is 6.27. The zero-order chi connectivity index (χ0) is 16.2. The van der Waals surface area contributed by atoms with Crippen molar-refractivity contribution in [3.05, 3.63) is 62.6 Å². The van der Waals surface area contributed by atoms with E-state index >= 15 is 0 Å². The minimum atomic E-state index is -0.210. The largest absolute Gasteiger partial charge is 0.363 e. The third-order valence-corrected chi connectivity index (χ3v) is 4.13. The highest BCUT2D eigenvalue weighted by Gasteiger charge is 2.02. The van der Waals surface area contributed by atoms with Crippen LogP contribution in [0.4, 0.5) is 5.82 Å². The first-order valence-corrected chi connectivity index (χ1v) is 7.77. The van der Waals surface area contributed by atoms with Gasteiger partial charge in [-0.1, -0.05) is 11.8 Å². The molecule has 3 heterocycles. The van der Waals surface area contributed by atoms with Crippen molar-refractivity contribution < 1.29 is 0 Å². The molecule has 23 heavy (non-hydrogen) atoms. The first-order chi connectivity index (χ1) is 11.1. The molecule has 3 rings (SSSR count). The van der Waals surface area contributed by atoms with Gasteiger partial charge in [-0.2, -0.15) is 5.10 Å². The van der Waals surface area contributed by atoms with E-state index in [4.69, 9.17) is 0 Å². The normalized spacial score (nSPS) is 10.2. The van der Waals surface area contributed by atoms with Crippen LogP contribution in [0.3, 0.4) is 0 Å². The zero-order valence-corrected chi connectivity index (χ0v) is 13.6. The van der Waals surface area contributed by atoms with Gasteiger partial charge in [-0.25, -0.2) is 14.9 Å². The van der Waals surface area contributed by atoms with E-state index in [2.05, 4.69) is 27.0 Å². The first kappa shape index (κ1) is 15.1. The molecule has 0 aromatic carbocycles. The lowest BCUT2D eigenvalue weighted by molar-refractivity contribution is 0.772. The molecule has 0 amide bonds. The highest BCUT2D eigenvalue weighted by Crippen LogP contribution is 2.16. The average molecular weight is 325 g/mol. The number of thiophene rings is 1. The van der Waals surface area contributed by atoms with Crippen molar-refractivity contribution in [2.75, 3.05) is 19.0 Å². The predicted molar refractivity (Wildman–Crippen MR) is 90.8 cm³/mol. The van der Waals surface area contributed by atoms with Crippen LogP contribution in [0.15, 0.2) is 41.6 Å². The van der Waals surface area contributed by atoms with Gasteiger partial charge in [0, 0.05) is 30.7 Å². The Labute approximate surface area is 137 Å². The van der Waals surface area contributed by atoms with Crippen LogP contribution in [0.1, 0.15) is 15.3 Å². The highest BCUT2D eigenvalue weighted by molar-refractivity contribution is 7.12. The molecular weight excluding hydrogens is 310 g/mol. The lowest BCUT2D eigenvalue weighted by Crippen LogP contribution is -2.16. The van der Waals surface area contributed by atoms with Gasteiger partial charge in [-0.05, 0) is 24.3 Å². The molecule has 0 bridgehead atoms. The molecule has 7 heteroatoms. The first-order valence-electron chi connectivity index (χ1n) is 6.96. The van der Waals surface area contributed by atoms with Crippen LogP contribution < -0.4 is 10.6 Å². The molecule has 0 aliphatic carbocycles. The predicted octanol–water partition coefficient (Wildman–Crippen LogP) is 1.54. The van der Waals surface area contributed by atoms with E-state index in [0.717, 1.165) is 21.1 Å². The van der Waals surface area contributed by atoms with Crippen LogP contribution in [0.5, 0.6) is 0 Å². The molecule has 0 radical (unpaired) electrons. The van der Waals surface area contributed by atoms with Gasteiger partial charge in [0.2, 0.25) is 0 Å². The Kier molecular flexibility index (Phi) is 4.26. The maximum Gasteiger partial charge on any atom is 0.343 e. The summed E-state index contributed by atoms with van der Waals surface area (Å²) in [5.41, 5.74) is 0.662. The molecule has 116 valence electrons. The Morgan fingerprint density at radius 1 is 1.26 bits per heavy atom. The number of hydrogen-bond donors (Lipinski definition) is 1. The second kappa shape index (κ2) is 6.50. The molecule has 1 N–H and O–H groups in total. The third kappa shape index (κ3) is 3.67. The number of hydrogen-bond acceptors (Lipinski definition) is 5. The maximum absolute atomic E-state index is 11.4. The quantitative estimate of drug-likeness (QED) is 0.742. The number of nitrogens with one attached hydrogen (secondary N) is 1. The van der Waals surface area contributed by atoms with E-state index < -0.39 is 0 Å². The second-order valence-electron chi connectivity index (χ2n) is 5.10. The molecule has 0 atom stereocenters. The molecule has 0 saturated carbocycles. The fraction of sp³-hybridized carbons (Fsp3) is 0.188. The van der Waals surface area contributed by atoms with E-state index in [0.29, 0.717) is 6.54 Å². The minimum Gasteiger partial charge on any atom is -0.363 e. The minimum absolute atomic E-state index is 0.210. The van der Waals surface area contributed by atoms with E-state index in [-0.39, 0.29) is 5.69 Å². The molecule has 0 fully saturated rings. The number of aromatic amines is 1. The Morgan fingerprint density at radius 3 is 2.78 bits per heavy atom. The van der Waals surface area contributed by atoms with Crippen LogP contribution in [0, 0.1) is 11.8 Å². The zero-order valence-electron chi connectivity index (χ0n) is 12.8. The number of H-pyrrole nitrogens is 1. The van der Waals surface area contributed by atoms with Crippen molar-refractivity contribution in [3.8, 4) is 11.8 Å². The number of aromatic nitrogens is 4. The van der Waals surface area contributed by atoms with E-state index in [1.54, 1.807) is 17.5 Å². The molecule has 0 aliphatic heterocycles. The van der Waals surface area contributed by atoms with Gasteiger partial charge in [0.15, 0.2) is 0 Å². The summed E-state index contributed by atoms with van der Waals surface area (Å²) in [7, 11) is 3.90. The van der Waals surface area contributed by atoms with Gasteiger partial charge < -0.3 is 4.90 Å². The van der Waals surface area contributed by atoms with Crippen LogP contribution in [-0.2, 0) is 6.54 Å². The van der Waals surface area contributed by atoms with Crippen molar-refractivity contribution >= 4 is 17.2 Å². The monoisotopic (exact) mass is 325 g/mol. The summed E-state index contributed by atoms with van der Waals surface area (Å²) < 4.78 is 1.52. The molecule has 0 unspecified atom stereocenters. The lowest BCUT2D eigenvalue weighted by Gasteiger charge is -2.09. The van der Waals surface area contributed by atoms with Crippen molar-refractivity contribution in [2.24, 2.45) is 0 Å². The summed E-state index contributed by atoms with van der Waals surface area (Å²) in [6, 6.07) is 7.82. The van der Waals surface area contributed by atoms with Crippen LogP contribution in [0.25, 0.3) is 0 Å². The number of rotatable bonds is 3. The van der Waals surface area contributed by atoms with Gasteiger partial charge in [0.25, 0.3) is 0 Å².